The van der Waals surface area contributed by atoms with Crippen molar-refractivity contribution in [1.82, 2.24) is 25.3 Å². The normalized spacial score (nSPS) is 16.5. The van der Waals surface area contributed by atoms with Crippen LogP contribution in [0.25, 0.3) is 22.2 Å². The standard InChI is InChI=1S/C23H25N5/c1-16(17-5-3-2-4-6-17)18-7-8-22-21(13-18)23(27-26-22)19-14-25-28(15-19)20-9-11-24-12-10-20/h2-8,13-16,20,24H,9-12H2,1H3,(H,26,27). The SMILES string of the molecule is CC(c1ccccc1)c1ccc2[nH]nc(-c3cnn(C4CCNCC4)c3)c2c1. The van der Waals surface area contributed by atoms with Gasteiger partial charge in [0.25, 0.3) is 0 Å². The molecule has 0 radical (unpaired) electrons. The first-order valence-corrected chi connectivity index (χ1v) is 10.1. The molecule has 0 aliphatic carbocycles. The average Bonchev–Trinajstić information content (AvgIpc) is 3.41. The predicted octanol–water partition coefficient (Wildman–Crippen LogP) is 4.50. The van der Waals surface area contributed by atoms with E-state index in [2.05, 4.69) is 86.9 Å². The Labute approximate surface area is 164 Å². The lowest BCUT2D eigenvalue weighted by Crippen LogP contribution is -2.29. The van der Waals surface area contributed by atoms with E-state index in [0.29, 0.717) is 12.0 Å². The van der Waals surface area contributed by atoms with Crippen LogP contribution in [0.1, 0.15) is 42.9 Å². The molecule has 0 bridgehead atoms. The molecule has 0 amide bonds. The van der Waals surface area contributed by atoms with Gasteiger partial charge in [-0.25, -0.2) is 0 Å². The first kappa shape index (κ1) is 17.2. The molecule has 5 heteroatoms. The number of benzene rings is 2. The summed E-state index contributed by atoms with van der Waals surface area (Å²) in [5, 5.41) is 17.0. The van der Waals surface area contributed by atoms with Crippen LogP contribution in [0.3, 0.4) is 0 Å². The molecule has 1 unspecified atom stereocenters. The summed E-state index contributed by atoms with van der Waals surface area (Å²) in [7, 11) is 0. The minimum atomic E-state index is 0.339. The minimum Gasteiger partial charge on any atom is -0.317 e. The maximum Gasteiger partial charge on any atom is 0.103 e. The van der Waals surface area contributed by atoms with Gasteiger partial charge in [-0.1, -0.05) is 43.3 Å². The van der Waals surface area contributed by atoms with Crippen LogP contribution in [0.5, 0.6) is 0 Å². The highest BCUT2D eigenvalue weighted by Gasteiger charge is 2.18. The Kier molecular flexibility index (Phi) is 4.45. The number of piperidine rings is 1. The lowest BCUT2D eigenvalue weighted by atomic mass is 9.92. The third-order valence-corrected chi connectivity index (χ3v) is 5.94. The Bertz CT molecular complexity index is 1070. The van der Waals surface area contributed by atoms with Crippen molar-refractivity contribution in [3.63, 3.8) is 0 Å². The van der Waals surface area contributed by atoms with Crippen LogP contribution in [0.15, 0.2) is 60.9 Å². The molecular weight excluding hydrogens is 346 g/mol. The zero-order valence-electron chi connectivity index (χ0n) is 16.1. The molecular formula is C23H25N5. The Balaban J connectivity index is 1.49. The van der Waals surface area contributed by atoms with Crippen LogP contribution in [0.4, 0.5) is 0 Å². The molecule has 0 saturated carbocycles. The van der Waals surface area contributed by atoms with Gasteiger partial charge in [0.2, 0.25) is 0 Å². The van der Waals surface area contributed by atoms with Crippen LogP contribution >= 0.6 is 0 Å². The molecule has 0 spiro atoms. The van der Waals surface area contributed by atoms with E-state index < -0.39 is 0 Å². The molecule has 1 atom stereocenters. The molecule has 5 rings (SSSR count). The van der Waals surface area contributed by atoms with Gasteiger partial charge >= 0.3 is 0 Å². The van der Waals surface area contributed by atoms with E-state index in [1.54, 1.807) is 0 Å². The molecule has 1 fully saturated rings. The number of aromatic nitrogens is 4. The number of rotatable bonds is 4. The lowest BCUT2D eigenvalue weighted by Gasteiger charge is -2.22. The Morgan fingerprint density at radius 3 is 2.68 bits per heavy atom. The summed E-state index contributed by atoms with van der Waals surface area (Å²) in [6.45, 7) is 4.38. The number of H-pyrrole nitrogens is 1. The summed E-state index contributed by atoms with van der Waals surface area (Å²) in [5.41, 5.74) is 5.75. The Hall–Kier alpha value is -2.92. The van der Waals surface area contributed by atoms with Crippen molar-refractivity contribution in [3.05, 3.63) is 72.1 Å². The van der Waals surface area contributed by atoms with E-state index >= 15 is 0 Å². The zero-order chi connectivity index (χ0) is 18.9. The minimum absolute atomic E-state index is 0.339. The highest BCUT2D eigenvalue weighted by Crippen LogP contribution is 2.32. The fourth-order valence-electron chi connectivity index (χ4n) is 4.19. The quantitative estimate of drug-likeness (QED) is 0.555. The van der Waals surface area contributed by atoms with Gasteiger partial charge in [0, 0.05) is 23.1 Å². The van der Waals surface area contributed by atoms with Crippen molar-refractivity contribution in [3.8, 4) is 11.3 Å². The molecule has 142 valence electrons. The maximum absolute atomic E-state index is 4.64. The summed E-state index contributed by atoms with van der Waals surface area (Å²) >= 11 is 0. The molecule has 5 nitrogen and oxygen atoms in total. The van der Waals surface area contributed by atoms with Crippen molar-refractivity contribution >= 4 is 10.9 Å². The molecule has 4 aromatic rings. The predicted molar refractivity (Wildman–Crippen MR) is 112 cm³/mol. The second-order valence-corrected chi connectivity index (χ2v) is 7.70. The van der Waals surface area contributed by atoms with Gasteiger partial charge in [0.05, 0.1) is 17.8 Å². The summed E-state index contributed by atoms with van der Waals surface area (Å²) in [6, 6.07) is 17.7. The van der Waals surface area contributed by atoms with E-state index in [0.717, 1.165) is 48.1 Å². The summed E-state index contributed by atoms with van der Waals surface area (Å²) in [5.74, 6) is 0.339. The van der Waals surface area contributed by atoms with E-state index in [9.17, 15) is 0 Å². The first-order chi connectivity index (χ1) is 13.8. The fourth-order valence-corrected chi connectivity index (χ4v) is 4.19. The van der Waals surface area contributed by atoms with Gasteiger partial charge in [-0.3, -0.25) is 9.78 Å². The summed E-state index contributed by atoms with van der Waals surface area (Å²) in [6.07, 6.45) is 6.35. The Morgan fingerprint density at radius 1 is 1.04 bits per heavy atom. The number of nitrogens with zero attached hydrogens (tertiary/aromatic N) is 3. The van der Waals surface area contributed by atoms with Gasteiger partial charge in [-0.05, 0) is 49.2 Å². The summed E-state index contributed by atoms with van der Waals surface area (Å²) in [4.78, 5) is 0. The first-order valence-electron chi connectivity index (χ1n) is 10.1. The molecule has 3 heterocycles. The Morgan fingerprint density at radius 2 is 1.86 bits per heavy atom. The molecule has 1 saturated heterocycles. The van der Waals surface area contributed by atoms with E-state index in [1.165, 1.54) is 11.1 Å². The number of nitrogens with one attached hydrogen (secondary N) is 2. The van der Waals surface area contributed by atoms with Gasteiger partial charge in [0.1, 0.15) is 5.69 Å². The highest BCUT2D eigenvalue weighted by atomic mass is 15.3. The van der Waals surface area contributed by atoms with Crippen LogP contribution in [0, 0.1) is 0 Å². The van der Waals surface area contributed by atoms with E-state index in [4.69, 9.17) is 0 Å². The van der Waals surface area contributed by atoms with Crippen LogP contribution in [-0.2, 0) is 0 Å². The van der Waals surface area contributed by atoms with Crippen molar-refractivity contribution in [2.24, 2.45) is 0 Å². The van der Waals surface area contributed by atoms with E-state index in [-0.39, 0.29) is 0 Å². The average molecular weight is 371 g/mol. The van der Waals surface area contributed by atoms with Gasteiger partial charge < -0.3 is 5.32 Å². The molecule has 1 aliphatic heterocycles. The third kappa shape index (κ3) is 3.12. The van der Waals surface area contributed by atoms with Crippen molar-refractivity contribution < 1.29 is 0 Å². The molecule has 28 heavy (non-hydrogen) atoms. The second-order valence-electron chi connectivity index (χ2n) is 7.70. The smallest absolute Gasteiger partial charge is 0.103 e. The van der Waals surface area contributed by atoms with Crippen LogP contribution in [-0.4, -0.2) is 33.1 Å². The number of fused-ring (bicyclic) bond motifs is 1. The van der Waals surface area contributed by atoms with Crippen molar-refractivity contribution in [2.45, 2.75) is 31.7 Å². The van der Waals surface area contributed by atoms with Crippen LogP contribution in [0.2, 0.25) is 0 Å². The topological polar surface area (TPSA) is 58.5 Å². The third-order valence-electron chi connectivity index (χ3n) is 5.94. The van der Waals surface area contributed by atoms with Crippen molar-refractivity contribution in [2.75, 3.05) is 13.1 Å². The molecule has 2 aromatic carbocycles. The largest absolute Gasteiger partial charge is 0.317 e. The van der Waals surface area contributed by atoms with Gasteiger partial charge in [0.15, 0.2) is 0 Å². The number of hydrogen-bond acceptors (Lipinski definition) is 3. The van der Waals surface area contributed by atoms with Crippen LogP contribution < -0.4 is 5.32 Å². The molecule has 2 aromatic heterocycles. The molecule has 1 aliphatic rings. The maximum atomic E-state index is 4.64. The van der Waals surface area contributed by atoms with Gasteiger partial charge in [-0.2, -0.15) is 10.2 Å². The lowest BCUT2D eigenvalue weighted by molar-refractivity contribution is 0.343. The number of aromatic amines is 1. The van der Waals surface area contributed by atoms with Crippen molar-refractivity contribution in [1.29, 1.82) is 0 Å². The van der Waals surface area contributed by atoms with E-state index in [1.807, 2.05) is 6.20 Å². The molecule has 2 N–H and O–H groups in total. The summed E-state index contributed by atoms with van der Waals surface area (Å²) < 4.78 is 2.12. The zero-order valence-corrected chi connectivity index (χ0v) is 16.1. The van der Waals surface area contributed by atoms with Gasteiger partial charge in [-0.15, -0.1) is 0 Å². The monoisotopic (exact) mass is 371 g/mol. The highest BCUT2D eigenvalue weighted by molar-refractivity contribution is 5.93. The second kappa shape index (κ2) is 7.24. The number of hydrogen-bond donors (Lipinski definition) is 2. The fraction of sp³-hybridized carbons (Fsp3) is 0.304.